The number of rotatable bonds is 13. The average Bonchev–Trinajstić information content (AvgIpc) is 3.07. The third-order valence-corrected chi connectivity index (χ3v) is 5.51. The summed E-state index contributed by atoms with van der Waals surface area (Å²) in [5.41, 5.74) is 1.24. The molecule has 0 radical (unpaired) electrons. The van der Waals surface area contributed by atoms with Gasteiger partial charge in [-0.3, -0.25) is 9.59 Å². The predicted molar refractivity (Wildman–Crippen MR) is 120 cm³/mol. The molecule has 4 heteroatoms. The second-order valence-electron chi connectivity index (χ2n) is 8.43. The van der Waals surface area contributed by atoms with Crippen LogP contribution < -0.4 is 0 Å². The van der Waals surface area contributed by atoms with E-state index in [1.54, 1.807) is 6.08 Å². The standard InChI is InChI=1S/C26H36O4/c1-20(2)30-26(29)13-9-4-3-8-12-24-22(16-19-25(24)28)15-18-23(27)17-14-21-10-6-5-7-11-21/h3,5-8,10-11,16,19-20,22-24,27H,4,9,12-15,17-18H2,1-2H3/t22-,23?,24+/m0/s1. The van der Waals surface area contributed by atoms with Crippen LogP contribution in [0.1, 0.15) is 64.4 Å². The second-order valence-corrected chi connectivity index (χ2v) is 8.43. The van der Waals surface area contributed by atoms with Crippen molar-refractivity contribution in [2.75, 3.05) is 0 Å². The highest BCUT2D eigenvalue weighted by atomic mass is 16.5. The van der Waals surface area contributed by atoms with Gasteiger partial charge < -0.3 is 9.84 Å². The van der Waals surface area contributed by atoms with Gasteiger partial charge >= 0.3 is 5.97 Å². The lowest BCUT2D eigenvalue weighted by molar-refractivity contribution is -0.147. The molecule has 0 fully saturated rings. The van der Waals surface area contributed by atoms with Crippen LogP contribution in [0.4, 0.5) is 0 Å². The smallest absolute Gasteiger partial charge is 0.306 e. The molecule has 30 heavy (non-hydrogen) atoms. The third-order valence-electron chi connectivity index (χ3n) is 5.51. The number of aliphatic hydroxyl groups is 1. The fraction of sp³-hybridized carbons (Fsp3) is 0.538. The van der Waals surface area contributed by atoms with E-state index < -0.39 is 0 Å². The van der Waals surface area contributed by atoms with Gasteiger partial charge in [-0.1, -0.05) is 48.6 Å². The minimum atomic E-state index is -0.337. The molecule has 0 heterocycles. The summed E-state index contributed by atoms with van der Waals surface area (Å²) in [6.07, 6.45) is 13.3. The number of carbonyl (C=O) groups is 2. The molecule has 1 aromatic rings. The zero-order chi connectivity index (χ0) is 21.8. The SMILES string of the molecule is CC(C)OC(=O)CCCC=CC[C@H]1C(=O)C=C[C@@H]1CCC(O)CCc1ccccc1. The van der Waals surface area contributed by atoms with Crippen molar-refractivity contribution < 1.29 is 19.4 Å². The monoisotopic (exact) mass is 412 g/mol. The number of benzene rings is 1. The minimum absolute atomic E-state index is 0.0199. The Morgan fingerprint density at radius 2 is 1.93 bits per heavy atom. The van der Waals surface area contributed by atoms with Crippen molar-refractivity contribution in [2.24, 2.45) is 11.8 Å². The Morgan fingerprint density at radius 3 is 2.67 bits per heavy atom. The molecule has 1 aromatic carbocycles. The first-order valence-corrected chi connectivity index (χ1v) is 11.2. The third kappa shape index (κ3) is 9.08. The number of esters is 1. The van der Waals surface area contributed by atoms with E-state index in [0.717, 1.165) is 32.1 Å². The van der Waals surface area contributed by atoms with Gasteiger partial charge in [-0.15, -0.1) is 0 Å². The van der Waals surface area contributed by atoms with Crippen molar-refractivity contribution in [3.63, 3.8) is 0 Å². The molecule has 0 spiro atoms. The maximum absolute atomic E-state index is 12.2. The Labute approximate surface area is 181 Å². The molecule has 1 unspecified atom stereocenters. The first kappa shape index (κ1) is 24.1. The molecular weight excluding hydrogens is 376 g/mol. The maximum Gasteiger partial charge on any atom is 0.306 e. The van der Waals surface area contributed by atoms with E-state index >= 15 is 0 Å². The van der Waals surface area contributed by atoms with Crippen molar-refractivity contribution in [1.82, 2.24) is 0 Å². The van der Waals surface area contributed by atoms with E-state index in [2.05, 4.69) is 24.3 Å². The number of allylic oxidation sites excluding steroid dienone is 4. The van der Waals surface area contributed by atoms with Crippen molar-refractivity contribution in [3.8, 4) is 0 Å². The van der Waals surface area contributed by atoms with Gasteiger partial charge in [0.25, 0.3) is 0 Å². The maximum atomic E-state index is 12.2. The van der Waals surface area contributed by atoms with Gasteiger partial charge in [-0.05, 0) is 76.4 Å². The minimum Gasteiger partial charge on any atom is -0.463 e. The van der Waals surface area contributed by atoms with Crippen molar-refractivity contribution in [2.45, 2.75) is 77.4 Å². The topological polar surface area (TPSA) is 63.6 Å². The van der Waals surface area contributed by atoms with Crippen LogP contribution in [0.5, 0.6) is 0 Å². The Bertz CT molecular complexity index is 705. The van der Waals surface area contributed by atoms with Gasteiger partial charge in [-0.25, -0.2) is 0 Å². The van der Waals surface area contributed by atoms with Crippen LogP contribution >= 0.6 is 0 Å². The molecule has 164 valence electrons. The van der Waals surface area contributed by atoms with Crippen molar-refractivity contribution >= 4 is 11.8 Å². The summed E-state index contributed by atoms with van der Waals surface area (Å²) >= 11 is 0. The molecule has 3 atom stereocenters. The molecule has 0 amide bonds. The van der Waals surface area contributed by atoms with Crippen LogP contribution in [0.25, 0.3) is 0 Å². The number of aryl methyl sites for hydroxylation is 1. The average molecular weight is 413 g/mol. The fourth-order valence-corrected chi connectivity index (χ4v) is 3.83. The van der Waals surface area contributed by atoms with Crippen LogP contribution in [-0.4, -0.2) is 29.1 Å². The van der Waals surface area contributed by atoms with Crippen LogP contribution in [0, 0.1) is 11.8 Å². The molecule has 0 aromatic heterocycles. The van der Waals surface area contributed by atoms with Crippen molar-refractivity contribution in [3.05, 3.63) is 60.2 Å². The van der Waals surface area contributed by atoms with E-state index in [4.69, 9.17) is 4.74 Å². The lowest BCUT2D eigenvalue weighted by Gasteiger charge is -2.18. The van der Waals surface area contributed by atoms with Crippen molar-refractivity contribution in [1.29, 1.82) is 0 Å². The van der Waals surface area contributed by atoms with Gasteiger partial charge in [0.05, 0.1) is 12.2 Å². The molecule has 0 bridgehead atoms. The second kappa shape index (κ2) is 13.2. The molecular formula is C26H36O4. The first-order chi connectivity index (χ1) is 14.5. The normalized spacial score (nSPS) is 19.7. The van der Waals surface area contributed by atoms with E-state index in [0.29, 0.717) is 19.3 Å². The highest BCUT2D eigenvalue weighted by Gasteiger charge is 2.29. The summed E-state index contributed by atoms with van der Waals surface area (Å²) in [7, 11) is 0. The number of unbranched alkanes of at least 4 members (excludes halogenated alkanes) is 1. The number of ether oxygens (including phenoxy) is 1. The highest BCUT2D eigenvalue weighted by molar-refractivity contribution is 5.94. The molecule has 0 saturated heterocycles. The predicted octanol–water partition coefficient (Wildman–Crippen LogP) is 5.20. The van der Waals surface area contributed by atoms with E-state index in [1.807, 2.05) is 38.1 Å². The molecule has 0 saturated carbocycles. The van der Waals surface area contributed by atoms with Crippen LogP contribution in [0.15, 0.2) is 54.6 Å². The quantitative estimate of drug-likeness (QED) is 0.275. The Morgan fingerprint density at radius 1 is 1.17 bits per heavy atom. The van der Waals surface area contributed by atoms with Gasteiger partial charge in [0, 0.05) is 12.3 Å². The number of aliphatic hydroxyl groups excluding tert-OH is 1. The molecule has 1 N–H and O–H groups in total. The Kier molecular flexibility index (Phi) is 10.6. The number of carbonyl (C=O) groups excluding carboxylic acids is 2. The first-order valence-electron chi connectivity index (χ1n) is 11.2. The van der Waals surface area contributed by atoms with E-state index in [9.17, 15) is 14.7 Å². The van der Waals surface area contributed by atoms with E-state index in [-0.39, 0.29) is 35.8 Å². The zero-order valence-electron chi connectivity index (χ0n) is 18.3. The molecule has 4 nitrogen and oxygen atoms in total. The summed E-state index contributed by atoms with van der Waals surface area (Å²) in [5.74, 6) is 0.214. The van der Waals surface area contributed by atoms with Gasteiger partial charge in [-0.2, -0.15) is 0 Å². The van der Waals surface area contributed by atoms with Crippen LogP contribution in [0.3, 0.4) is 0 Å². The lowest BCUT2D eigenvalue weighted by atomic mass is 9.86. The number of hydrogen-bond donors (Lipinski definition) is 1. The van der Waals surface area contributed by atoms with Crippen LogP contribution in [-0.2, 0) is 20.7 Å². The molecule has 2 rings (SSSR count). The van der Waals surface area contributed by atoms with Gasteiger partial charge in [0.1, 0.15) is 0 Å². The largest absolute Gasteiger partial charge is 0.463 e. The summed E-state index contributed by atoms with van der Waals surface area (Å²) in [6, 6.07) is 10.2. The van der Waals surface area contributed by atoms with E-state index in [1.165, 1.54) is 5.56 Å². The highest BCUT2D eigenvalue weighted by Crippen LogP contribution is 2.30. The van der Waals surface area contributed by atoms with Gasteiger partial charge in [0.2, 0.25) is 0 Å². The molecule has 0 aliphatic heterocycles. The number of ketones is 1. The summed E-state index contributed by atoms with van der Waals surface area (Å²) < 4.78 is 5.12. The zero-order valence-corrected chi connectivity index (χ0v) is 18.3. The Hall–Kier alpha value is -2.20. The molecule has 1 aliphatic carbocycles. The summed E-state index contributed by atoms with van der Waals surface area (Å²) in [5, 5.41) is 10.3. The Balaban J connectivity index is 1.65. The summed E-state index contributed by atoms with van der Waals surface area (Å²) in [6.45, 7) is 3.70. The fourth-order valence-electron chi connectivity index (χ4n) is 3.83. The summed E-state index contributed by atoms with van der Waals surface area (Å²) in [4.78, 5) is 23.7. The molecule has 1 aliphatic rings. The van der Waals surface area contributed by atoms with Crippen LogP contribution in [0.2, 0.25) is 0 Å². The lowest BCUT2D eigenvalue weighted by Crippen LogP contribution is -2.17. The van der Waals surface area contributed by atoms with Gasteiger partial charge in [0.15, 0.2) is 5.78 Å². The number of hydrogen-bond acceptors (Lipinski definition) is 4.